The Morgan fingerprint density at radius 2 is 2.00 bits per heavy atom. The number of amides is 1. The lowest BCUT2D eigenvalue weighted by Gasteiger charge is -2.14. The summed E-state index contributed by atoms with van der Waals surface area (Å²) < 4.78 is 5.02. The lowest BCUT2D eigenvalue weighted by atomic mass is 10.1. The maximum Gasteiger partial charge on any atom is 0.407 e. The minimum Gasteiger partial charge on any atom is -0.480 e. The number of hydrogen-bond acceptors (Lipinski definition) is 3. The predicted octanol–water partition coefficient (Wildman–Crippen LogP) is 2.21. The van der Waals surface area contributed by atoms with Crippen molar-refractivity contribution in [3.8, 4) is 0 Å². The molecule has 1 fully saturated rings. The van der Waals surface area contributed by atoms with Crippen LogP contribution in [0.15, 0.2) is 30.3 Å². The number of hydrogen-bond donors (Lipinski definition) is 2. The molecule has 0 bridgehead atoms. The van der Waals surface area contributed by atoms with Crippen LogP contribution in [0.2, 0.25) is 0 Å². The van der Waals surface area contributed by atoms with Gasteiger partial charge in [0.1, 0.15) is 6.04 Å². The van der Waals surface area contributed by atoms with Gasteiger partial charge in [0.15, 0.2) is 0 Å². The van der Waals surface area contributed by atoms with E-state index in [0.717, 1.165) is 18.4 Å². The molecule has 0 radical (unpaired) electrons. The summed E-state index contributed by atoms with van der Waals surface area (Å²) in [7, 11) is 0. The Bertz CT molecular complexity index is 456. The average molecular weight is 277 g/mol. The van der Waals surface area contributed by atoms with Crippen molar-refractivity contribution in [1.29, 1.82) is 0 Å². The van der Waals surface area contributed by atoms with Gasteiger partial charge >= 0.3 is 12.1 Å². The molecule has 1 aliphatic rings. The molecule has 0 aromatic heterocycles. The maximum atomic E-state index is 11.6. The normalized spacial score (nSPS) is 15.4. The number of carboxylic acids is 1. The van der Waals surface area contributed by atoms with E-state index in [1.165, 1.54) is 0 Å². The summed E-state index contributed by atoms with van der Waals surface area (Å²) in [6.45, 7) is 0.242. The van der Waals surface area contributed by atoms with Crippen LogP contribution in [-0.4, -0.2) is 29.8 Å². The van der Waals surface area contributed by atoms with Crippen molar-refractivity contribution in [2.75, 3.05) is 6.61 Å². The largest absolute Gasteiger partial charge is 0.480 e. The fraction of sp³-hybridized carbons (Fsp3) is 0.467. The molecule has 0 aliphatic heterocycles. The van der Waals surface area contributed by atoms with Crippen molar-refractivity contribution in [1.82, 2.24) is 5.32 Å². The van der Waals surface area contributed by atoms with Gasteiger partial charge in [-0.3, -0.25) is 0 Å². The number of ether oxygens (including phenoxy) is 1. The van der Waals surface area contributed by atoms with E-state index in [1.54, 1.807) is 0 Å². The predicted molar refractivity (Wildman–Crippen MR) is 73.4 cm³/mol. The van der Waals surface area contributed by atoms with Gasteiger partial charge in [-0.25, -0.2) is 9.59 Å². The summed E-state index contributed by atoms with van der Waals surface area (Å²) in [6.07, 6.45) is 2.55. The first-order valence-corrected chi connectivity index (χ1v) is 6.85. The van der Waals surface area contributed by atoms with Crippen LogP contribution < -0.4 is 5.32 Å². The molecule has 5 heteroatoms. The van der Waals surface area contributed by atoms with Crippen molar-refractivity contribution in [2.45, 2.75) is 31.7 Å². The minimum atomic E-state index is -1.00. The van der Waals surface area contributed by atoms with Crippen LogP contribution in [-0.2, 0) is 16.0 Å². The van der Waals surface area contributed by atoms with Crippen LogP contribution in [0.1, 0.15) is 24.8 Å². The highest BCUT2D eigenvalue weighted by molar-refractivity contribution is 5.79. The lowest BCUT2D eigenvalue weighted by molar-refractivity contribution is -0.139. The van der Waals surface area contributed by atoms with Crippen molar-refractivity contribution in [3.63, 3.8) is 0 Å². The fourth-order valence-electron chi connectivity index (χ4n) is 2.00. The fourth-order valence-corrected chi connectivity index (χ4v) is 2.00. The van der Waals surface area contributed by atoms with Gasteiger partial charge in [0.2, 0.25) is 0 Å². The Balaban J connectivity index is 1.69. The van der Waals surface area contributed by atoms with Gasteiger partial charge in [-0.05, 0) is 17.9 Å². The van der Waals surface area contributed by atoms with E-state index in [2.05, 4.69) is 5.32 Å². The highest BCUT2D eigenvalue weighted by Gasteiger charge is 2.30. The summed E-state index contributed by atoms with van der Waals surface area (Å²) >= 11 is 0. The summed E-state index contributed by atoms with van der Waals surface area (Å²) in [5.41, 5.74) is 1.08. The van der Waals surface area contributed by atoms with Gasteiger partial charge < -0.3 is 15.2 Å². The number of benzene rings is 1. The Hall–Kier alpha value is -2.04. The van der Waals surface area contributed by atoms with Gasteiger partial charge in [-0.15, -0.1) is 0 Å². The number of aliphatic carboxylic acids is 1. The van der Waals surface area contributed by atoms with Crippen molar-refractivity contribution in [3.05, 3.63) is 35.9 Å². The maximum absolute atomic E-state index is 11.6. The highest BCUT2D eigenvalue weighted by atomic mass is 16.5. The molecule has 0 saturated heterocycles. The molecule has 108 valence electrons. The monoisotopic (exact) mass is 277 g/mol. The van der Waals surface area contributed by atoms with Crippen LogP contribution in [0.5, 0.6) is 0 Å². The molecule has 5 nitrogen and oxygen atoms in total. The molecule has 0 heterocycles. The van der Waals surface area contributed by atoms with E-state index in [1.807, 2.05) is 30.3 Å². The summed E-state index contributed by atoms with van der Waals surface area (Å²) in [4.78, 5) is 22.6. The smallest absolute Gasteiger partial charge is 0.407 e. The molecule has 2 rings (SSSR count). The first kappa shape index (κ1) is 14.4. The topological polar surface area (TPSA) is 75.6 Å². The molecule has 0 spiro atoms. The third kappa shape index (κ3) is 4.91. The molecule has 20 heavy (non-hydrogen) atoms. The molecule has 0 unspecified atom stereocenters. The van der Waals surface area contributed by atoms with E-state index in [0.29, 0.717) is 18.8 Å². The molecular weight excluding hydrogens is 258 g/mol. The zero-order valence-electron chi connectivity index (χ0n) is 11.2. The molecule has 1 aromatic rings. The Morgan fingerprint density at radius 3 is 2.60 bits per heavy atom. The Labute approximate surface area is 117 Å². The number of carbonyl (C=O) groups is 2. The standard InChI is InChI=1S/C15H19NO4/c17-14(18)13(10-12-6-7-12)16-15(19)20-9-8-11-4-2-1-3-5-11/h1-5,12-13H,6-10H2,(H,16,19)(H,17,18)/t13-/m0/s1. The van der Waals surface area contributed by atoms with Crippen LogP contribution in [0, 0.1) is 5.92 Å². The number of nitrogens with one attached hydrogen (secondary N) is 1. The van der Waals surface area contributed by atoms with Crippen LogP contribution in [0.3, 0.4) is 0 Å². The van der Waals surface area contributed by atoms with E-state index in [-0.39, 0.29) is 6.61 Å². The average Bonchev–Trinajstić information content (AvgIpc) is 3.23. The van der Waals surface area contributed by atoms with Crippen LogP contribution in [0.4, 0.5) is 4.79 Å². The third-order valence-electron chi connectivity index (χ3n) is 3.32. The van der Waals surface area contributed by atoms with Crippen molar-refractivity contribution >= 4 is 12.1 Å². The molecule has 1 aromatic carbocycles. The summed E-state index contributed by atoms with van der Waals surface area (Å²) in [5.74, 6) is -0.572. The van der Waals surface area contributed by atoms with Gasteiger partial charge in [0.25, 0.3) is 0 Å². The third-order valence-corrected chi connectivity index (χ3v) is 3.32. The summed E-state index contributed by atoms with van der Waals surface area (Å²) in [5, 5.41) is 11.4. The second-order valence-corrected chi connectivity index (χ2v) is 5.09. The van der Waals surface area contributed by atoms with Crippen molar-refractivity contribution < 1.29 is 19.4 Å². The number of carboxylic acid groups (broad SMARTS) is 1. The summed E-state index contributed by atoms with van der Waals surface area (Å²) in [6, 6.07) is 8.83. The Morgan fingerprint density at radius 1 is 1.30 bits per heavy atom. The molecular formula is C15H19NO4. The van der Waals surface area contributed by atoms with Crippen LogP contribution in [0.25, 0.3) is 0 Å². The zero-order chi connectivity index (χ0) is 14.4. The molecule has 1 atom stereocenters. The number of alkyl carbamates (subject to hydrolysis) is 1. The second-order valence-electron chi connectivity index (χ2n) is 5.09. The second kappa shape index (κ2) is 6.93. The van der Waals surface area contributed by atoms with E-state index < -0.39 is 18.1 Å². The van der Waals surface area contributed by atoms with E-state index in [9.17, 15) is 9.59 Å². The van der Waals surface area contributed by atoms with E-state index >= 15 is 0 Å². The van der Waals surface area contributed by atoms with Gasteiger partial charge in [0.05, 0.1) is 6.61 Å². The van der Waals surface area contributed by atoms with Gasteiger partial charge in [-0.1, -0.05) is 43.2 Å². The number of rotatable bonds is 7. The molecule has 1 saturated carbocycles. The molecule has 2 N–H and O–H groups in total. The van der Waals surface area contributed by atoms with E-state index in [4.69, 9.17) is 9.84 Å². The van der Waals surface area contributed by atoms with Gasteiger partial charge in [0, 0.05) is 6.42 Å². The Kier molecular flexibility index (Phi) is 4.98. The number of carbonyl (C=O) groups excluding carboxylic acids is 1. The highest BCUT2D eigenvalue weighted by Crippen LogP contribution is 2.33. The van der Waals surface area contributed by atoms with Crippen molar-refractivity contribution in [2.24, 2.45) is 5.92 Å². The quantitative estimate of drug-likeness (QED) is 0.801. The van der Waals surface area contributed by atoms with Crippen LogP contribution >= 0.6 is 0 Å². The molecule has 1 amide bonds. The minimum absolute atomic E-state index is 0.242. The first-order chi connectivity index (χ1) is 9.65. The van der Waals surface area contributed by atoms with Gasteiger partial charge in [-0.2, -0.15) is 0 Å². The lowest BCUT2D eigenvalue weighted by Crippen LogP contribution is -2.41. The SMILES string of the molecule is O=C(N[C@@H](CC1CC1)C(=O)O)OCCc1ccccc1. The molecule has 1 aliphatic carbocycles. The zero-order valence-corrected chi connectivity index (χ0v) is 11.2. The first-order valence-electron chi connectivity index (χ1n) is 6.85.